The van der Waals surface area contributed by atoms with Gasteiger partial charge in [0, 0.05) is 43.1 Å². The minimum Gasteiger partial charge on any atom is -0.387 e. The molecule has 2 aliphatic heterocycles. The van der Waals surface area contributed by atoms with Crippen molar-refractivity contribution in [2.45, 2.75) is 12.5 Å². The molecule has 7 heteroatoms. The number of hydrogen-bond donors (Lipinski definition) is 1. The summed E-state index contributed by atoms with van der Waals surface area (Å²) in [6, 6.07) is 7.87. The van der Waals surface area contributed by atoms with Gasteiger partial charge in [-0.3, -0.25) is 14.7 Å². The molecule has 2 fully saturated rings. The number of likely N-dealkylation sites (tertiary alicyclic amines) is 1. The molecule has 1 atom stereocenters. The van der Waals surface area contributed by atoms with E-state index in [2.05, 4.69) is 4.98 Å². The molecule has 0 radical (unpaired) electrons. The van der Waals surface area contributed by atoms with Crippen molar-refractivity contribution in [1.29, 1.82) is 0 Å². The van der Waals surface area contributed by atoms with Gasteiger partial charge in [-0.1, -0.05) is 24.3 Å². The van der Waals surface area contributed by atoms with Crippen LogP contribution in [0.3, 0.4) is 0 Å². The van der Waals surface area contributed by atoms with Gasteiger partial charge < -0.3 is 14.9 Å². The van der Waals surface area contributed by atoms with Gasteiger partial charge in [-0.25, -0.2) is 4.79 Å². The first-order valence-electron chi connectivity index (χ1n) is 8.48. The number of amides is 3. The van der Waals surface area contributed by atoms with E-state index < -0.39 is 6.61 Å². The molecule has 3 heterocycles. The van der Waals surface area contributed by atoms with E-state index in [0.717, 1.165) is 22.9 Å². The van der Waals surface area contributed by atoms with Crippen molar-refractivity contribution in [3.8, 4) is 0 Å². The smallest absolute Gasteiger partial charge is 0.324 e. The lowest BCUT2D eigenvalue weighted by Gasteiger charge is -2.25. The van der Waals surface area contributed by atoms with Gasteiger partial charge >= 0.3 is 6.03 Å². The minimum absolute atomic E-state index is 0.0101. The fourth-order valence-corrected chi connectivity index (χ4v) is 3.75. The van der Waals surface area contributed by atoms with Crippen molar-refractivity contribution in [2.24, 2.45) is 0 Å². The molecule has 0 aliphatic carbocycles. The summed E-state index contributed by atoms with van der Waals surface area (Å²) in [5, 5.41) is 11.0. The number of hydrogen-bond acceptors (Lipinski definition) is 4. The summed E-state index contributed by atoms with van der Waals surface area (Å²) >= 11 is 0. The molecule has 25 heavy (non-hydrogen) atoms. The number of fused-ring (bicyclic) bond motifs is 1. The number of anilines is 1. The van der Waals surface area contributed by atoms with Gasteiger partial charge in [-0.15, -0.1) is 0 Å². The molecular weight excluding hydrogens is 320 g/mol. The second-order valence-electron chi connectivity index (χ2n) is 6.45. The molecule has 2 aromatic rings. The van der Waals surface area contributed by atoms with Gasteiger partial charge in [-0.05, 0) is 6.42 Å². The summed E-state index contributed by atoms with van der Waals surface area (Å²) < 4.78 is 0. The van der Waals surface area contributed by atoms with E-state index in [-0.39, 0.29) is 18.0 Å². The van der Waals surface area contributed by atoms with Crippen molar-refractivity contribution < 1.29 is 14.7 Å². The van der Waals surface area contributed by atoms with Crippen molar-refractivity contribution in [3.05, 3.63) is 36.7 Å². The Labute approximate surface area is 145 Å². The number of aliphatic hydroxyl groups excluding tert-OH is 1. The maximum absolute atomic E-state index is 13.0. The molecule has 1 aromatic heterocycles. The number of rotatable bonds is 3. The Bertz CT molecular complexity index is 820. The van der Waals surface area contributed by atoms with Crippen molar-refractivity contribution >= 4 is 28.4 Å². The largest absolute Gasteiger partial charge is 0.387 e. The molecule has 4 rings (SSSR count). The number of benzene rings is 1. The Morgan fingerprint density at radius 2 is 2.04 bits per heavy atom. The maximum Gasteiger partial charge on any atom is 0.324 e. The van der Waals surface area contributed by atoms with E-state index in [9.17, 15) is 9.59 Å². The number of urea groups is 1. The summed E-state index contributed by atoms with van der Waals surface area (Å²) in [5.74, 6) is -0.274. The number of carbonyl (C=O) groups excluding carboxylic acids is 2. The molecule has 3 amide bonds. The van der Waals surface area contributed by atoms with Crippen LogP contribution in [0, 0.1) is 0 Å². The zero-order chi connectivity index (χ0) is 17.4. The van der Waals surface area contributed by atoms with Crippen LogP contribution in [0.15, 0.2) is 36.7 Å². The molecule has 2 aliphatic rings. The first-order chi connectivity index (χ1) is 12.2. The molecule has 130 valence electrons. The van der Waals surface area contributed by atoms with Gasteiger partial charge in [0.1, 0.15) is 6.61 Å². The van der Waals surface area contributed by atoms with E-state index in [4.69, 9.17) is 5.11 Å². The first-order valence-corrected chi connectivity index (χ1v) is 8.48. The predicted octanol–water partition coefficient (Wildman–Crippen LogP) is 1.07. The van der Waals surface area contributed by atoms with Crippen LogP contribution < -0.4 is 4.90 Å². The van der Waals surface area contributed by atoms with Crippen LogP contribution >= 0.6 is 0 Å². The van der Waals surface area contributed by atoms with E-state index in [0.29, 0.717) is 26.2 Å². The van der Waals surface area contributed by atoms with Gasteiger partial charge in [0.15, 0.2) is 0 Å². The molecule has 0 bridgehead atoms. The SMILES string of the molecule is O=C(CO)N1CC[C@@H](N2CCN(c3cncc4ccccc34)C2=O)C1. The topological polar surface area (TPSA) is 77.0 Å². The Morgan fingerprint density at radius 3 is 2.88 bits per heavy atom. The molecule has 1 N–H and O–H groups in total. The number of aliphatic hydroxyl groups is 1. The van der Waals surface area contributed by atoms with Crippen LogP contribution in [-0.4, -0.2) is 70.7 Å². The highest BCUT2D eigenvalue weighted by Crippen LogP contribution is 2.30. The fourth-order valence-electron chi connectivity index (χ4n) is 3.75. The van der Waals surface area contributed by atoms with E-state index in [1.54, 1.807) is 22.2 Å². The van der Waals surface area contributed by atoms with Crippen LogP contribution in [0.25, 0.3) is 10.8 Å². The molecule has 0 unspecified atom stereocenters. The Kier molecular flexibility index (Phi) is 4.01. The lowest BCUT2D eigenvalue weighted by atomic mass is 10.1. The van der Waals surface area contributed by atoms with Crippen LogP contribution in [-0.2, 0) is 4.79 Å². The first kappa shape index (κ1) is 15.8. The zero-order valence-electron chi connectivity index (χ0n) is 13.8. The quantitative estimate of drug-likeness (QED) is 0.907. The third-order valence-corrected chi connectivity index (χ3v) is 5.07. The zero-order valence-corrected chi connectivity index (χ0v) is 13.8. The van der Waals surface area contributed by atoms with Crippen molar-refractivity contribution in [3.63, 3.8) is 0 Å². The summed E-state index contributed by atoms with van der Waals surface area (Å²) in [6.07, 6.45) is 4.28. The number of pyridine rings is 1. The van der Waals surface area contributed by atoms with Crippen LogP contribution in [0.2, 0.25) is 0 Å². The Morgan fingerprint density at radius 1 is 1.20 bits per heavy atom. The highest BCUT2D eigenvalue weighted by atomic mass is 16.3. The summed E-state index contributed by atoms with van der Waals surface area (Å²) in [7, 11) is 0. The van der Waals surface area contributed by atoms with Gasteiger partial charge in [0.05, 0.1) is 17.9 Å². The average molecular weight is 340 g/mol. The third kappa shape index (κ3) is 2.70. The molecule has 7 nitrogen and oxygen atoms in total. The summed E-state index contributed by atoms with van der Waals surface area (Å²) in [6.45, 7) is 1.84. The fraction of sp³-hybridized carbons (Fsp3) is 0.389. The standard InChI is InChI=1S/C18H20N4O3/c23-12-17(24)20-6-5-14(11-20)21-7-8-22(18(21)25)16-10-19-9-13-3-1-2-4-15(13)16/h1-4,9-10,14,23H,5-8,11-12H2/t14-/m1/s1. The number of nitrogens with zero attached hydrogens (tertiary/aromatic N) is 4. The summed E-state index contributed by atoms with van der Waals surface area (Å²) in [5.41, 5.74) is 0.826. The van der Waals surface area contributed by atoms with Gasteiger partial charge in [0.2, 0.25) is 5.91 Å². The molecule has 0 spiro atoms. The molecular formula is C18H20N4O3. The normalized spacial score (nSPS) is 20.8. The number of aromatic nitrogens is 1. The van der Waals surface area contributed by atoms with Crippen LogP contribution in [0.5, 0.6) is 0 Å². The van der Waals surface area contributed by atoms with E-state index in [1.807, 2.05) is 29.2 Å². The van der Waals surface area contributed by atoms with Gasteiger partial charge in [-0.2, -0.15) is 0 Å². The predicted molar refractivity (Wildman–Crippen MR) is 93.3 cm³/mol. The molecule has 0 saturated carbocycles. The highest BCUT2D eigenvalue weighted by molar-refractivity contribution is 6.03. The second kappa shape index (κ2) is 6.33. The van der Waals surface area contributed by atoms with Crippen LogP contribution in [0.4, 0.5) is 10.5 Å². The van der Waals surface area contributed by atoms with Crippen LogP contribution in [0.1, 0.15) is 6.42 Å². The lowest BCUT2D eigenvalue weighted by Crippen LogP contribution is -2.42. The Balaban J connectivity index is 1.55. The van der Waals surface area contributed by atoms with Gasteiger partial charge in [0.25, 0.3) is 0 Å². The lowest BCUT2D eigenvalue weighted by molar-refractivity contribution is -0.133. The average Bonchev–Trinajstić information content (AvgIpc) is 3.27. The third-order valence-electron chi connectivity index (χ3n) is 5.07. The molecule has 1 aromatic carbocycles. The molecule has 2 saturated heterocycles. The maximum atomic E-state index is 13.0. The minimum atomic E-state index is -0.478. The van der Waals surface area contributed by atoms with E-state index >= 15 is 0 Å². The second-order valence-corrected chi connectivity index (χ2v) is 6.45. The van der Waals surface area contributed by atoms with Crippen molar-refractivity contribution in [1.82, 2.24) is 14.8 Å². The van der Waals surface area contributed by atoms with E-state index in [1.165, 1.54) is 0 Å². The Hall–Kier alpha value is -2.67. The summed E-state index contributed by atoms with van der Waals surface area (Å²) in [4.78, 5) is 34.1. The van der Waals surface area contributed by atoms with Crippen molar-refractivity contribution in [2.75, 3.05) is 37.7 Å². The highest BCUT2D eigenvalue weighted by Gasteiger charge is 2.39. The number of carbonyl (C=O) groups is 2. The monoisotopic (exact) mass is 340 g/mol.